The molecule has 2 rings (SSSR count). The van der Waals surface area contributed by atoms with Gasteiger partial charge in [-0.3, -0.25) is 10.1 Å². The zero-order valence-corrected chi connectivity index (χ0v) is 9.54. The van der Waals surface area contributed by atoms with Crippen molar-refractivity contribution in [3.05, 3.63) is 34.4 Å². The van der Waals surface area contributed by atoms with Gasteiger partial charge in [-0.05, 0) is 12.1 Å². The fourth-order valence-electron chi connectivity index (χ4n) is 1.50. The van der Waals surface area contributed by atoms with Gasteiger partial charge in [0.2, 0.25) is 5.10 Å². The lowest BCUT2D eigenvalue weighted by atomic mass is 10.3. The summed E-state index contributed by atoms with van der Waals surface area (Å²) in [6.07, 6.45) is -0.234. The number of aromatic nitrogens is 3. The molecule has 0 fully saturated rings. The van der Waals surface area contributed by atoms with E-state index < -0.39 is 11.8 Å². The van der Waals surface area contributed by atoms with Gasteiger partial charge in [-0.25, -0.2) is 9.12 Å². The molecule has 0 spiro atoms. The summed E-state index contributed by atoms with van der Waals surface area (Å²) in [5.41, 5.74) is -0.275. The molecule has 2 N–H and O–H groups in total. The minimum Gasteiger partial charge on any atom is -0.739 e. The van der Waals surface area contributed by atoms with Gasteiger partial charge in [-0.2, -0.15) is 0 Å². The van der Waals surface area contributed by atoms with E-state index in [1.54, 1.807) is 0 Å². The first-order chi connectivity index (χ1) is 8.99. The second-order valence-electron chi connectivity index (χ2n) is 3.69. The van der Waals surface area contributed by atoms with Crippen molar-refractivity contribution in [1.82, 2.24) is 5.10 Å². The normalized spacial score (nSPS) is 10.6. The molecule has 1 aromatic heterocycles. The van der Waals surface area contributed by atoms with Crippen LogP contribution >= 0.6 is 0 Å². The Bertz CT molecular complexity index is 649. The van der Waals surface area contributed by atoms with E-state index in [4.69, 9.17) is 5.11 Å². The van der Waals surface area contributed by atoms with Crippen LogP contribution in [0.1, 0.15) is 6.42 Å². The number of carbonyl (C=O) groups is 1. The number of carboxylic acids is 1. The highest BCUT2D eigenvalue weighted by atomic mass is 19.1. The predicted molar refractivity (Wildman–Crippen MR) is 60.4 cm³/mol. The van der Waals surface area contributed by atoms with Crippen molar-refractivity contribution in [1.29, 1.82) is 0 Å². The maximum Gasteiger partial charge on any atom is 0.460 e. The molecule has 100 valence electrons. The Kier molecular flexibility index (Phi) is 3.27. The minimum absolute atomic E-state index is 0.0583. The van der Waals surface area contributed by atoms with E-state index in [0.717, 1.165) is 18.2 Å². The Labute approximate surface area is 105 Å². The number of hydrogen-bond acceptors (Lipinski definition) is 5. The average molecular weight is 268 g/mol. The first-order valence-corrected chi connectivity index (χ1v) is 5.27. The number of nitrogens with one attached hydrogen (secondary N) is 1. The maximum atomic E-state index is 13.0. The monoisotopic (exact) mass is 268 g/mol. The molecule has 0 amide bonds. The summed E-state index contributed by atoms with van der Waals surface area (Å²) in [6, 6.07) is 3.08. The highest BCUT2D eigenvalue weighted by molar-refractivity contribution is 5.68. The highest BCUT2D eigenvalue weighted by Crippen LogP contribution is 2.08. The molecule has 0 bridgehead atoms. The molecule has 0 saturated heterocycles. The van der Waals surface area contributed by atoms with Crippen LogP contribution in [-0.4, -0.2) is 22.7 Å². The Balaban J connectivity index is 2.38. The van der Waals surface area contributed by atoms with Gasteiger partial charge in [0.15, 0.2) is 5.52 Å². The van der Waals surface area contributed by atoms with Crippen molar-refractivity contribution < 1.29 is 23.9 Å². The third-order valence-corrected chi connectivity index (χ3v) is 2.36. The van der Waals surface area contributed by atoms with Gasteiger partial charge in [0.25, 0.3) is 0 Å². The lowest BCUT2D eigenvalue weighted by Crippen LogP contribution is -2.44. The Hall–Kier alpha value is -2.71. The number of rotatable bonds is 4. The first-order valence-electron chi connectivity index (χ1n) is 5.27. The molecule has 0 atom stereocenters. The number of fused-ring (bicyclic) bond motifs is 1. The maximum absolute atomic E-state index is 13.0. The summed E-state index contributed by atoms with van der Waals surface area (Å²) in [7, 11) is 0. The molecule has 9 heteroatoms. The van der Waals surface area contributed by atoms with Gasteiger partial charge in [0.1, 0.15) is 5.82 Å². The molecule has 0 aliphatic carbocycles. The van der Waals surface area contributed by atoms with Gasteiger partial charge >= 0.3 is 17.4 Å². The van der Waals surface area contributed by atoms with E-state index in [9.17, 15) is 19.6 Å². The molecule has 8 nitrogen and oxygen atoms in total. The number of anilines is 1. The number of carboxylic acid groups (broad SMARTS) is 1. The Morgan fingerprint density at radius 3 is 2.84 bits per heavy atom. The molecule has 0 radical (unpaired) electrons. The van der Waals surface area contributed by atoms with Gasteiger partial charge < -0.3 is 15.5 Å². The lowest BCUT2D eigenvalue weighted by molar-refractivity contribution is -0.672. The summed E-state index contributed by atoms with van der Waals surface area (Å²) in [5, 5.41) is 37.6. The third-order valence-electron chi connectivity index (χ3n) is 2.36. The predicted octanol–water partition coefficient (Wildman–Crippen LogP) is -0.473. The van der Waals surface area contributed by atoms with E-state index in [-0.39, 0.29) is 34.8 Å². The number of nitrogens with zero attached hydrogens (tertiary/aromatic N) is 3. The molecular weight excluding hydrogens is 259 g/mol. The van der Waals surface area contributed by atoms with Crippen LogP contribution in [0.2, 0.25) is 0 Å². The van der Waals surface area contributed by atoms with Crippen molar-refractivity contribution in [3.63, 3.8) is 0 Å². The van der Waals surface area contributed by atoms with Crippen LogP contribution in [-0.2, 0) is 4.79 Å². The van der Waals surface area contributed by atoms with E-state index in [1.807, 2.05) is 0 Å². The lowest BCUT2D eigenvalue weighted by Gasteiger charge is -2.09. The molecule has 0 unspecified atom stereocenters. The number of hydrogen-bond donors (Lipinski definition) is 2. The average Bonchev–Trinajstić information content (AvgIpc) is 2.35. The summed E-state index contributed by atoms with van der Waals surface area (Å²) in [5.74, 6) is -2.05. The van der Waals surface area contributed by atoms with Crippen molar-refractivity contribution in [3.8, 4) is 0 Å². The van der Waals surface area contributed by atoms with Crippen LogP contribution in [0.15, 0.2) is 18.2 Å². The van der Waals surface area contributed by atoms with Gasteiger partial charge in [0, 0.05) is 4.85 Å². The van der Waals surface area contributed by atoms with Crippen LogP contribution in [0.25, 0.3) is 11.0 Å². The van der Waals surface area contributed by atoms with Gasteiger partial charge in [0.05, 0.1) is 19.0 Å². The largest absolute Gasteiger partial charge is 0.739 e. The minimum atomic E-state index is -1.05. The fraction of sp³-hybridized carbons (Fsp3) is 0.200. The summed E-state index contributed by atoms with van der Waals surface area (Å²) in [4.78, 5) is 10.4. The second-order valence-corrected chi connectivity index (χ2v) is 3.69. The van der Waals surface area contributed by atoms with E-state index >= 15 is 0 Å². The zero-order valence-electron chi connectivity index (χ0n) is 9.54. The fourth-order valence-corrected chi connectivity index (χ4v) is 1.50. The molecule has 1 heterocycles. The summed E-state index contributed by atoms with van der Waals surface area (Å²) < 4.78 is 13.3. The SMILES string of the molecule is O=C(O)CCNc1n[n+]([O-])c2cc(F)ccc2[n+]1[O-]. The van der Waals surface area contributed by atoms with Crippen LogP contribution < -0.4 is 14.9 Å². The van der Waals surface area contributed by atoms with Crippen LogP contribution in [0.3, 0.4) is 0 Å². The van der Waals surface area contributed by atoms with E-state index in [0.29, 0.717) is 4.73 Å². The Morgan fingerprint density at radius 1 is 1.42 bits per heavy atom. The quantitative estimate of drug-likeness (QED) is 0.572. The number of benzene rings is 1. The van der Waals surface area contributed by atoms with Crippen LogP contribution in [0, 0.1) is 16.2 Å². The van der Waals surface area contributed by atoms with Crippen molar-refractivity contribution in [2.24, 2.45) is 0 Å². The van der Waals surface area contributed by atoms with E-state index in [2.05, 4.69) is 10.4 Å². The van der Waals surface area contributed by atoms with Crippen molar-refractivity contribution in [2.45, 2.75) is 6.42 Å². The molecule has 19 heavy (non-hydrogen) atoms. The van der Waals surface area contributed by atoms with Gasteiger partial charge in [-0.15, -0.1) is 0 Å². The molecule has 0 aliphatic rings. The molecule has 2 aromatic rings. The molecular formula is C10H9FN4O4. The van der Waals surface area contributed by atoms with Crippen LogP contribution in [0.4, 0.5) is 10.3 Å². The summed E-state index contributed by atoms with van der Waals surface area (Å²) >= 11 is 0. The van der Waals surface area contributed by atoms with Crippen molar-refractivity contribution >= 4 is 23.0 Å². The molecule has 1 aromatic carbocycles. The molecule has 0 aliphatic heterocycles. The van der Waals surface area contributed by atoms with E-state index in [1.165, 1.54) is 0 Å². The van der Waals surface area contributed by atoms with Crippen LogP contribution in [0.5, 0.6) is 0 Å². The summed E-state index contributed by atoms with van der Waals surface area (Å²) in [6.45, 7) is -0.0583. The van der Waals surface area contributed by atoms with Crippen molar-refractivity contribution in [2.75, 3.05) is 11.9 Å². The Morgan fingerprint density at radius 2 is 2.16 bits per heavy atom. The highest BCUT2D eigenvalue weighted by Gasteiger charge is 2.20. The zero-order chi connectivity index (χ0) is 14.0. The number of halogens is 1. The topological polar surface area (TPSA) is 116 Å². The van der Waals surface area contributed by atoms with Gasteiger partial charge in [-0.1, -0.05) is 0 Å². The standard InChI is InChI=1S/C10H9FN4O4/c11-6-1-2-7-8(5-6)15(19)13-10(14(7)18)12-4-3-9(16)17/h1-2,5H,3-4H2,(H,12,13)(H,16,17). The smallest absolute Gasteiger partial charge is 0.460 e. The first kappa shape index (κ1) is 12.7. The second kappa shape index (κ2) is 4.88. The number of aliphatic carboxylic acids is 1. The molecule has 0 saturated carbocycles. The third kappa shape index (κ3) is 2.59.